The van der Waals surface area contributed by atoms with Crippen molar-refractivity contribution in [1.82, 2.24) is 0 Å². The Balaban J connectivity index is 2.17. The number of unbranched alkanes of at least 4 members (excludes halogenated alkanes) is 4. The van der Waals surface area contributed by atoms with Gasteiger partial charge in [-0.1, -0.05) is 69.5 Å². The molecule has 1 rings (SSSR count). The number of hydrogen-bond acceptors (Lipinski definition) is 2. The Morgan fingerprint density at radius 1 is 1.11 bits per heavy atom. The van der Waals surface area contributed by atoms with E-state index in [1.807, 2.05) is 30.3 Å². The maximum atomic E-state index is 11.7. The molecule has 0 heterocycles. The van der Waals surface area contributed by atoms with Crippen LogP contribution in [0.3, 0.4) is 0 Å². The van der Waals surface area contributed by atoms with E-state index in [-0.39, 0.29) is 5.97 Å². The van der Waals surface area contributed by atoms with E-state index in [1.54, 1.807) is 0 Å². The summed E-state index contributed by atoms with van der Waals surface area (Å²) in [7, 11) is 0. The molecule has 1 aromatic carbocycles. The van der Waals surface area contributed by atoms with Gasteiger partial charge < -0.3 is 4.74 Å². The number of carbonyl (C=O) groups is 1. The molecule has 0 aliphatic rings. The molecule has 0 atom stereocenters. The van der Waals surface area contributed by atoms with Crippen molar-refractivity contribution in [2.45, 2.75) is 45.4 Å². The van der Waals surface area contributed by atoms with Crippen LogP contribution in [0.1, 0.15) is 44.6 Å². The van der Waals surface area contributed by atoms with Crippen LogP contribution in [0.25, 0.3) is 0 Å². The molecule has 1 aromatic rings. The van der Waals surface area contributed by atoms with Gasteiger partial charge in [-0.05, 0) is 12.0 Å². The lowest BCUT2D eigenvalue weighted by Gasteiger charge is -2.07. The number of rotatable bonds is 9. The highest BCUT2D eigenvalue weighted by atomic mass is 16.5. The van der Waals surface area contributed by atoms with Gasteiger partial charge in [-0.25, -0.2) is 4.79 Å². The first-order chi connectivity index (χ1) is 9.24. The van der Waals surface area contributed by atoms with E-state index in [1.165, 1.54) is 19.3 Å². The fourth-order valence-corrected chi connectivity index (χ4v) is 1.89. The highest BCUT2D eigenvalue weighted by Gasteiger charge is 2.08. The second-order valence-electron chi connectivity index (χ2n) is 4.82. The van der Waals surface area contributed by atoms with Crippen molar-refractivity contribution in [2.24, 2.45) is 0 Å². The van der Waals surface area contributed by atoms with Crippen LogP contribution >= 0.6 is 0 Å². The summed E-state index contributed by atoms with van der Waals surface area (Å²) in [6.45, 7) is 6.50. The normalized spacial score (nSPS) is 10.2. The second kappa shape index (κ2) is 9.37. The van der Waals surface area contributed by atoms with Gasteiger partial charge in [-0.15, -0.1) is 0 Å². The van der Waals surface area contributed by atoms with Gasteiger partial charge in [-0.2, -0.15) is 0 Å². The van der Waals surface area contributed by atoms with Gasteiger partial charge in [0.15, 0.2) is 0 Å². The maximum absolute atomic E-state index is 11.7. The standard InChI is InChI=1S/C17H24O2/c1-3-4-5-6-10-13-19-17(18)15(2)14-16-11-8-7-9-12-16/h7-9,11-12H,2-6,10,13-14H2,1H3. The predicted octanol–water partition coefficient (Wildman–Crippen LogP) is 4.30. The maximum Gasteiger partial charge on any atom is 0.333 e. The van der Waals surface area contributed by atoms with Crippen molar-refractivity contribution >= 4 is 5.97 Å². The minimum absolute atomic E-state index is 0.264. The van der Waals surface area contributed by atoms with Gasteiger partial charge in [0.2, 0.25) is 0 Å². The summed E-state index contributed by atoms with van der Waals surface area (Å²) in [5.41, 5.74) is 1.62. The Morgan fingerprint density at radius 2 is 1.79 bits per heavy atom. The molecule has 0 N–H and O–H groups in total. The average molecular weight is 260 g/mol. The molecule has 2 heteroatoms. The third-order valence-corrected chi connectivity index (χ3v) is 3.03. The molecular formula is C17H24O2. The SMILES string of the molecule is C=C(Cc1ccccc1)C(=O)OCCCCCCC. The summed E-state index contributed by atoms with van der Waals surface area (Å²) >= 11 is 0. The van der Waals surface area contributed by atoms with Crippen LogP contribution < -0.4 is 0 Å². The van der Waals surface area contributed by atoms with Gasteiger partial charge in [-0.3, -0.25) is 0 Å². The fraction of sp³-hybridized carbons (Fsp3) is 0.471. The van der Waals surface area contributed by atoms with Crippen molar-refractivity contribution in [3.63, 3.8) is 0 Å². The summed E-state index contributed by atoms with van der Waals surface area (Å²) in [5.74, 6) is -0.264. The first-order valence-electron chi connectivity index (χ1n) is 7.13. The second-order valence-corrected chi connectivity index (χ2v) is 4.82. The molecule has 0 aromatic heterocycles. The molecule has 0 amide bonds. The Hall–Kier alpha value is -1.57. The van der Waals surface area contributed by atoms with Crippen molar-refractivity contribution < 1.29 is 9.53 Å². The van der Waals surface area contributed by atoms with E-state index in [0.29, 0.717) is 18.6 Å². The monoisotopic (exact) mass is 260 g/mol. The van der Waals surface area contributed by atoms with Gasteiger partial charge in [0, 0.05) is 12.0 Å². The quantitative estimate of drug-likeness (QED) is 0.376. The van der Waals surface area contributed by atoms with Gasteiger partial charge in [0.1, 0.15) is 0 Å². The van der Waals surface area contributed by atoms with Crippen molar-refractivity contribution in [1.29, 1.82) is 0 Å². The van der Waals surface area contributed by atoms with E-state index >= 15 is 0 Å². The zero-order valence-electron chi connectivity index (χ0n) is 11.9. The molecule has 0 saturated carbocycles. The topological polar surface area (TPSA) is 26.3 Å². The summed E-state index contributed by atoms with van der Waals surface area (Å²) in [5, 5.41) is 0. The molecule has 0 fully saturated rings. The molecule has 0 saturated heterocycles. The summed E-state index contributed by atoms with van der Waals surface area (Å²) in [6, 6.07) is 9.86. The van der Waals surface area contributed by atoms with Crippen LogP contribution in [0.2, 0.25) is 0 Å². The molecule has 0 spiro atoms. The van der Waals surface area contributed by atoms with Crippen molar-refractivity contribution in [3.05, 3.63) is 48.0 Å². The van der Waals surface area contributed by atoms with E-state index in [2.05, 4.69) is 13.5 Å². The molecular weight excluding hydrogens is 236 g/mol. The zero-order valence-corrected chi connectivity index (χ0v) is 11.9. The van der Waals surface area contributed by atoms with Crippen LogP contribution in [0.15, 0.2) is 42.5 Å². The van der Waals surface area contributed by atoms with Gasteiger partial charge in [0.05, 0.1) is 6.61 Å². The number of benzene rings is 1. The Kier molecular flexibility index (Phi) is 7.64. The molecule has 19 heavy (non-hydrogen) atoms. The molecule has 0 aliphatic heterocycles. The van der Waals surface area contributed by atoms with Gasteiger partial charge >= 0.3 is 5.97 Å². The summed E-state index contributed by atoms with van der Waals surface area (Å²) in [4.78, 5) is 11.7. The molecule has 0 aliphatic carbocycles. The Morgan fingerprint density at radius 3 is 2.47 bits per heavy atom. The number of carbonyl (C=O) groups excluding carboxylic acids is 1. The molecule has 0 unspecified atom stereocenters. The minimum atomic E-state index is -0.264. The lowest BCUT2D eigenvalue weighted by atomic mass is 10.1. The number of hydrogen-bond donors (Lipinski definition) is 0. The lowest BCUT2D eigenvalue weighted by molar-refractivity contribution is -0.139. The van der Waals surface area contributed by atoms with Crippen molar-refractivity contribution in [2.75, 3.05) is 6.61 Å². The highest BCUT2D eigenvalue weighted by molar-refractivity contribution is 5.88. The third-order valence-electron chi connectivity index (χ3n) is 3.03. The van der Waals surface area contributed by atoms with Gasteiger partial charge in [0.25, 0.3) is 0 Å². The van der Waals surface area contributed by atoms with E-state index < -0.39 is 0 Å². The third kappa shape index (κ3) is 6.80. The zero-order chi connectivity index (χ0) is 13.9. The van der Waals surface area contributed by atoms with E-state index in [9.17, 15) is 4.79 Å². The smallest absolute Gasteiger partial charge is 0.333 e. The molecule has 0 radical (unpaired) electrons. The minimum Gasteiger partial charge on any atom is -0.462 e. The van der Waals surface area contributed by atoms with Crippen LogP contribution in [0.5, 0.6) is 0 Å². The van der Waals surface area contributed by atoms with E-state index in [0.717, 1.165) is 18.4 Å². The lowest BCUT2D eigenvalue weighted by Crippen LogP contribution is -2.10. The Bertz CT molecular complexity index is 382. The van der Waals surface area contributed by atoms with Crippen LogP contribution in [0.4, 0.5) is 0 Å². The Labute approximate surface area is 116 Å². The van der Waals surface area contributed by atoms with Crippen LogP contribution in [-0.2, 0) is 16.0 Å². The summed E-state index contributed by atoms with van der Waals surface area (Å²) in [6.07, 6.45) is 6.35. The van der Waals surface area contributed by atoms with Crippen LogP contribution in [-0.4, -0.2) is 12.6 Å². The largest absolute Gasteiger partial charge is 0.462 e. The van der Waals surface area contributed by atoms with E-state index in [4.69, 9.17) is 4.74 Å². The average Bonchev–Trinajstić information content (AvgIpc) is 2.43. The van der Waals surface area contributed by atoms with Crippen molar-refractivity contribution in [3.8, 4) is 0 Å². The highest BCUT2D eigenvalue weighted by Crippen LogP contribution is 2.08. The van der Waals surface area contributed by atoms with Crippen LogP contribution in [0, 0.1) is 0 Å². The predicted molar refractivity (Wildman–Crippen MR) is 79.0 cm³/mol. The molecule has 104 valence electrons. The summed E-state index contributed by atoms with van der Waals surface area (Å²) < 4.78 is 5.22. The molecule has 0 bridgehead atoms. The fourth-order valence-electron chi connectivity index (χ4n) is 1.89. The molecule has 2 nitrogen and oxygen atoms in total. The number of ether oxygens (including phenoxy) is 1. The number of esters is 1. The first-order valence-corrected chi connectivity index (χ1v) is 7.13. The first kappa shape index (κ1) is 15.5.